The molecule has 242 valence electrons. The van der Waals surface area contributed by atoms with Crippen LogP contribution in [0.3, 0.4) is 0 Å². The van der Waals surface area contributed by atoms with Crippen molar-refractivity contribution in [3.8, 4) is 73.6 Å². The van der Waals surface area contributed by atoms with Crippen LogP contribution in [0.5, 0.6) is 0 Å². The standard InChI is InChI=1S/C48H30N4/c49-31-32-15-17-34(18-16-32)42-27-28-43(45-14-8-7-13-44(42)45)41-26-25-39-29-38(23-24-40(39)30-41)33-19-21-37(22-20-33)48-51-46(35-9-3-1-4-10-35)50-47(52-48)36-11-5-2-6-12-36/h1-30H. The van der Waals surface area contributed by atoms with Gasteiger partial charge in [0.1, 0.15) is 0 Å². The van der Waals surface area contributed by atoms with E-state index >= 15 is 0 Å². The Bertz CT molecular complexity index is 2710. The summed E-state index contributed by atoms with van der Waals surface area (Å²) in [5, 5.41) is 14.0. The summed E-state index contributed by atoms with van der Waals surface area (Å²) >= 11 is 0. The minimum Gasteiger partial charge on any atom is -0.208 e. The second kappa shape index (κ2) is 13.2. The Morgan fingerprint density at radius 2 is 0.731 bits per heavy atom. The molecule has 0 atom stereocenters. The van der Waals surface area contributed by atoms with E-state index in [1.54, 1.807) is 0 Å². The smallest absolute Gasteiger partial charge is 0.164 e. The van der Waals surface area contributed by atoms with E-state index in [1.165, 1.54) is 32.7 Å². The third-order valence-corrected chi connectivity index (χ3v) is 9.58. The molecule has 0 fully saturated rings. The van der Waals surface area contributed by atoms with E-state index in [0.29, 0.717) is 23.0 Å². The SMILES string of the molecule is N#Cc1ccc(-c2ccc(-c3ccc4cc(-c5ccc(-c6nc(-c7ccccc7)nc(-c7ccccc7)n6)cc5)ccc4c3)c3ccccc23)cc1. The maximum Gasteiger partial charge on any atom is 0.164 e. The molecule has 1 heterocycles. The predicted octanol–water partition coefficient (Wildman–Crippen LogP) is 12.1. The van der Waals surface area contributed by atoms with Crippen molar-refractivity contribution in [3.63, 3.8) is 0 Å². The van der Waals surface area contributed by atoms with Crippen LogP contribution < -0.4 is 0 Å². The van der Waals surface area contributed by atoms with Gasteiger partial charge < -0.3 is 0 Å². The van der Waals surface area contributed by atoms with Crippen LogP contribution in [0.2, 0.25) is 0 Å². The van der Waals surface area contributed by atoms with Gasteiger partial charge in [0.15, 0.2) is 17.5 Å². The Morgan fingerprint density at radius 3 is 1.27 bits per heavy atom. The van der Waals surface area contributed by atoms with Crippen LogP contribution in [0.1, 0.15) is 5.56 Å². The second-order valence-electron chi connectivity index (χ2n) is 12.8. The van der Waals surface area contributed by atoms with Crippen molar-refractivity contribution in [1.29, 1.82) is 5.26 Å². The van der Waals surface area contributed by atoms with Gasteiger partial charge in [-0.1, -0.05) is 158 Å². The molecule has 9 aromatic rings. The lowest BCUT2D eigenvalue weighted by molar-refractivity contribution is 1.07. The van der Waals surface area contributed by atoms with E-state index < -0.39 is 0 Å². The van der Waals surface area contributed by atoms with Crippen molar-refractivity contribution >= 4 is 21.5 Å². The molecule has 8 aromatic carbocycles. The van der Waals surface area contributed by atoms with E-state index in [2.05, 4.69) is 103 Å². The first kappa shape index (κ1) is 30.8. The Labute approximate surface area is 302 Å². The van der Waals surface area contributed by atoms with Crippen LogP contribution in [0.4, 0.5) is 0 Å². The maximum absolute atomic E-state index is 9.25. The monoisotopic (exact) mass is 662 g/mol. The predicted molar refractivity (Wildman–Crippen MR) is 212 cm³/mol. The fourth-order valence-electron chi connectivity index (χ4n) is 6.87. The molecule has 0 unspecified atom stereocenters. The second-order valence-corrected chi connectivity index (χ2v) is 12.8. The Balaban J connectivity index is 1.03. The van der Waals surface area contributed by atoms with Crippen LogP contribution in [0, 0.1) is 11.3 Å². The highest BCUT2D eigenvalue weighted by atomic mass is 15.0. The van der Waals surface area contributed by atoms with Gasteiger partial charge in [-0.2, -0.15) is 5.26 Å². The summed E-state index contributed by atoms with van der Waals surface area (Å²) in [4.78, 5) is 14.6. The molecule has 0 bridgehead atoms. The Morgan fingerprint density at radius 1 is 0.327 bits per heavy atom. The lowest BCUT2D eigenvalue weighted by Crippen LogP contribution is -2.00. The zero-order valence-corrected chi connectivity index (χ0v) is 28.1. The summed E-state index contributed by atoms with van der Waals surface area (Å²) in [5.74, 6) is 1.94. The molecule has 0 aliphatic rings. The highest BCUT2D eigenvalue weighted by Gasteiger charge is 2.14. The van der Waals surface area contributed by atoms with Gasteiger partial charge in [0.25, 0.3) is 0 Å². The summed E-state index contributed by atoms with van der Waals surface area (Å²) < 4.78 is 0. The van der Waals surface area contributed by atoms with E-state index in [4.69, 9.17) is 15.0 Å². The normalized spacial score (nSPS) is 11.1. The molecule has 9 rings (SSSR count). The maximum atomic E-state index is 9.25. The number of hydrogen-bond acceptors (Lipinski definition) is 4. The average molecular weight is 663 g/mol. The average Bonchev–Trinajstić information content (AvgIpc) is 3.23. The number of fused-ring (bicyclic) bond motifs is 2. The lowest BCUT2D eigenvalue weighted by atomic mass is 9.91. The van der Waals surface area contributed by atoms with Crippen molar-refractivity contribution in [1.82, 2.24) is 15.0 Å². The zero-order chi connectivity index (χ0) is 34.9. The van der Waals surface area contributed by atoms with E-state index in [9.17, 15) is 5.26 Å². The van der Waals surface area contributed by atoms with E-state index in [-0.39, 0.29) is 0 Å². The molecule has 4 heteroatoms. The van der Waals surface area contributed by atoms with Crippen LogP contribution in [0.15, 0.2) is 182 Å². The Kier molecular flexibility index (Phi) is 7.85. The summed E-state index contributed by atoms with van der Waals surface area (Å²) in [6.45, 7) is 0. The van der Waals surface area contributed by atoms with Gasteiger partial charge in [0.05, 0.1) is 11.6 Å². The fourth-order valence-corrected chi connectivity index (χ4v) is 6.87. The number of nitriles is 1. The highest BCUT2D eigenvalue weighted by molar-refractivity contribution is 6.06. The molecule has 0 saturated heterocycles. The molecule has 0 aliphatic carbocycles. The topological polar surface area (TPSA) is 62.5 Å². The lowest BCUT2D eigenvalue weighted by Gasteiger charge is -2.13. The molecule has 1 aromatic heterocycles. The minimum absolute atomic E-state index is 0.641. The van der Waals surface area contributed by atoms with Crippen molar-refractivity contribution < 1.29 is 0 Å². The molecule has 52 heavy (non-hydrogen) atoms. The largest absolute Gasteiger partial charge is 0.208 e. The minimum atomic E-state index is 0.641. The van der Waals surface area contributed by atoms with Crippen molar-refractivity contribution in [2.24, 2.45) is 0 Å². The third-order valence-electron chi connectivity index (χ3n) is 9.58. The summed E-state index contributed by atoms with van der Waals surface area (Å²) in [6, 6.07) is 64.9. The molecule has 0 amide bonds. The van der Waals surface area contributed by atoms with Crippen LogP contribution in [0.25, 0.3) is 89.1 Å². The first-order valence-electron chi connectivity index (χ1n) is 17.2. The van der Waals surface area contributed by atoms with Gasteiger partial charge in [-0.25, -0.2) is 15.0 Å². The van der Waals surface area contributed by atoms with Crippen LogP contribution in [-0.4, -0.2) is 15.0 Å². The van der Waals surface area contributed by atoms with Gasteiger partial charge in [0.2, 0.25) is 0 Å². The molecule has 0 spiro atoms. The quantitative estimate of drug-likeness (QED) is 0.178. The van der Waals surface area contributed by atoms with Crippen LogP contribution >= 0.6 is 0 Å². The van der Waals surface area contributed by atoms with Crippen molar-refractivity contribution in [3.05, 3.63) is 188 Å². The number of rotatable bonds is 6. The summed E-state index contributed by atoms with van der Waals surface area (Å²) in [5.41, 5.74) is 10.4. The molecule has 0 N–H and O–H groups in total. The zero-order valence-electron chi connectivity index (χ0n) is 28.1. The van der Waals surface area contributed by atoms with Gasteiger partial charge in [-0.3, -0.25) is 0 Å². The highest BCUT2D eigenvalue weighted by Crippen LogP contribution is 2.37. The first-order chi connectivity index (χ1) is 25.7. The molecule has 0 radical (unpaired) electrons. The number of nitrogens with zero attached hydrogens (tertiary/aromatic N) is 4. The third kappa shape index (κ3) is 5.87. The number of aromatic nitrogens is 3. The molecular weight excluding hydrogens is 633 g/mol. The van der Waals surface area contributed by atoms with Gasteiger partial charge in [-0.05, 0) is 79.2 Å². The van der Waals surface area contributed by atoms with Gasteiger partial charge >= 0.3 is 0 Å². The van der Waals surface area contributed by atoms with Crippen molar-refractivity contribution in [2.75, 3.05) is 0 Å². The number of hydrogen-bond donors (Lipinski definition) is 0. The fraction of sp³-hybridized carbons (Fsp3) is 0. The summed E-state index contributed by atoms with van der Waals surface area (Å²) in [7, 11) is 0. The first-order valence-corrected chi connectivity index (χ1v) is 17.2. The van der Waals surface area contributed by atoms with E-state index in [1.807, 2.05) is 84.9 Å². The van der Waals surface area contributed by atoms with E-state index in [0.717, 1.165) is 38.9 Å². The number of benzene rings is 8. The Hall–Kier alpha value is -7.22. The molecule has 0 saturated carbocycles. The van der Waals surface area contributed by atoms with Gasteiger partial charge in [-0.15, -0.1) is 0 Å². The van der Waals surface area contributed by atoms with Crippen LogP contribution in [-0.2, 0) is 0 Å². The molecule has 0 aliphatic heterocycles. The van der Waals surface area contributed by atoms with Gasteiger partial charge in [0, 0.05) is 16.7 Å². The molecule has 4 nitrogen and oxygen atoms in total. The molecular formula is C48H30N4. The van der Waals surface area contributed by atoms with Crippen molar-refractivity contribution in [2.45, 2.75) is 0 Å². The summed E-state index contributed by atoms with van der Waals surface area (Å²) in [6.07, 6.45) is 0.